The second-order valence-electron chi connectivity index (χ2n) is 0. The topological polar surface area (TPSA) is 0 Å². The van der Waals surface area contributed by atoms with Crippen LogP contribution in [0.5, 0.6) is 0 Å². The molecule has 0 nitrogen and oxygen atoms in total. The number of hydrogen-bond donors (Lipinski definition) is 0. The maximum absolute atomic E-state index is 0. The van der Waals surface area contributed by atoms with Gasteiger partial charge >= 0.3 is 0 Å². The van der Waals surface area contributed by atoms with Crippen LogP contribution in [0.25, 0.3) is 0 Å². The van der Waals surface area contributed by atoms with Crippen molar-refractivity contribution in [1.29, 1.82) is 0 Å². The van der Waals surface area contributed by atoms with Crippen molar-refractivity contribution < 1.29 is 129 Å². The smallest absolute Gasteiger partial charge is 0 e. The quantitative estimate of drug-likeness (QED) is 0.543. The van der Waals surface area contributed by atoms with E-state index in [-0.39, 0.29) is 129 Å². The first-order valence-electron chi connectivity index (χ1n) is 0. The van der Waals surface area contributed by atoms with Crippen molar-refractivity contribution in [3.8, 4) is 0 Å². The number of hydrogen-bond acceptors (Lipinski definition) is 0. The third kappa shape index (κ3) is 17.8. The first kappa shape index (κ1) is 34.4. The molecular formula is Sc5. The predicted molar refractivity (Wildman–Crippen MR) is 0 cm³/mol. The minimum absolute atomic E-state index is 0. The largest absolute Gasteiger partial charge is 0 e. The Bertz CT molecular complexity index is 0. The van der Waals surface area contributed by atoms with Gasteiger partial charge in [-0.3, -0.25) is 0 Å². The normalized spacial score (nSPS) is 0. The van der Waals surface area contributed by atoms with Crippen LogP contribution >= 0.6 is 0 Å². The predicted octanol–water partition coefficient (Wildman–Crippen LogP) is -0.0125. The van der Waals surface area contributed by atoms with Gasteiger partial charge in [0, 0.05) is 129 Å². The van der Waals surface area contributed by atoms with E-state index in [0.717, 1.165) is 0 Å². The molecule has 0 aromatic carbocycles. The summed E-state index contributed by atoms with van der Waals surface area (Å²) in [6.45, 7) is 0. The number of rotatable bonds is 0. The summed E-state index contributed by atoms with van der Waals surface area (Å²) in [5.74, 6) is 0. The molecule has 0 saturated heterocycles. The fourth-order valence-electron chi connectivity index (χ4n) is 0. The van der Waals surface area contributed by atoms with Gasteiger partial charge < -0.3 is 0 Å². The van der Waals surface area contributed by atoms with Crippen LogP contribution in [-0.4, -0.2) is 0 Å². The summed E-state index contributed by atoms with van der Waals surface area (Å²) in [4.78, 5) is 0. The Morgan fingerprint density at radius 1 is 0.200 bits per heavy atom. The zero-order valence-electron chi connectivity index (χ0n) is 2.89. The summed E-state index contributed by atoms with van der Waals surface area (Å²) in [5.41, 5.74) is 0. The Hall–Kier alpha value is 4.35. The zero-order valence-corrected chi connectivity index (χ0v) is 11.9. The van der Waals surface area contributed by atoms with E-state index in [9.17, 15) is 0 Å². The Morgan fingerprint density at radius 2 is 0.200 bits per heavy atom. The molecule has 0 aromatic rings. The van der Waals surface area contributed by atoms with Crippen LogP contribution < -0.4 is 0 Å². The maximum Gasteiger partial charge on any atom is 0 e. The van der Waals surface area contributed by atoms with E-state index >= 15 is 0 Å². The molecular weight excluding hydrogens is 225 g/mol. The molecule has 0 fully saturated rings. The van der Waals surface area contributed by atoms with E-state index in [1.165, 1.54) is 0 Å². The molecule has 0 heterocycles. The van der Waals surface area contributed by atoms with Crippen LogP contribution in [-0.2, 0) is 129 Å². The summed E-state index contributed by atoms with van der Waals surface area (Å²) >= 11 is 0. The minimum Gasteiger partial charge on any atom is 0 e. The Labute approximate surface area is 126 Å². The molecule has 5 heavy (non-hydrogen) atoms. The Kier molecular flexibility index (Phi) is 164. The van der Waals surface area contributed by atoms with Gasteiger partial charge in [0.15, 0.2) is 0 Å². The van der Waals surface area contributed by atoms with Crippen molar-refractivity contribution in [3.63, 3.8) is 0 Å². The summed E-state index contributed by atoms with van der Waals surface area (Å²) < 4.78 is 0. The average molecular weight is 225 g/mol. The van der Waals surface area contributed by atoms with Gasteiger partial charge in [-0.25, -0.2) is 0 Å². The van der Waals surface area contributed by atoms with Gasteiger partial charge in [0.05, 0.1) is 0 Å². The minimum atomic E-state index is 0. The molecule has 15 valence electrons. The molecule has 0 spiro atoms. The molecule has 0 amide bonds. The molecule has 0 aliphatic carbocycles. The van der Waals surface area contributed by atoms with Gasteiger partial charge in [0.1, 0.15) is 0 Å². The molecule has 5 radical (unpaired) electrons. The van der Waals surface area contributed by atoms with E-state index < -0.39 is 0 Å². The van der Waals surface area contributed by atoms with Crippen LogP contribution in [0.3, 0.4) is 0 Å². The van der Waals surface area contributed by atoms with Crippen LogP contribution in [0, 0.1) is 0 Å². The molecule has 5 heteroatoms. The van der Waals surface area contributed by atoms with Gasteiger partial charge in [-0.1, -0.05) is 0 Å². The van der Waals surface area contributed by atoms with Gasteiger partial charge in [-0.2, -0.15) is 0 Å². The van der Waals surface area contributed by atoms with Crippen molar-refractivity contribution in [2.24, 2.45) is 0 Å². The van der Waals surface area contributed by atoms with Crippen LogP contribution in [0.15, 0.2) is 0 Å². The third-order valence-corrected chi connectivity index (χ3v) is 0. The van der Waals surface area contributed by atoms with E-state index in [0.29, 0.717) is 0 Å². The first-order valence-corrected chi connectivity index (χ1v) is 0. The standard InChI is InChI=1S/5Sc. The third-order valence-electron chi connectivity index (χ3n) is 0. The van der Waals surface area contributed by atoms with Crippen molar-refractivity contribution in [2.45, 2.75) is 0 Å². The molecule has 0 bridgehead atoms. The average Bonchev–Trinajstić information content (AvgIpc) is 0. The fourth-order valence-corrected chi connectivity index (χ4v) is 0. The van der Waals surface area contributed by atoms with Crippen molar-refractivity contribution in [1.82, 2.24) is 0 Å². The summed E-state index contributed by atoms with van der Waals surface area (Å²) in [6, 6.07) is 0. The SMILES string of the molecule is [Sc].[Sc].[Sc].[Sc].[Sc]. The van der Waals surface area contributed by atoms with Crippen molar-refractivity contribution in [2.75, 3.05) is 0 Å². The zero-order chi connectivity index (χ0) is 0. The first-order chi connectivity index (χ1) is 0. The van der Waals surface area contributed by atoms with Crippen molar-refractivity contribution in [3.05, 3.63) is 0 Å². The van der Waals surface area contributed by atoms with E-state index in [1.54, 1.807) is 0 Å². The second-order valence-corrected chi connectivity index (χ2v) is 0. The van der Waals surface area contributed by atoms with E-state index in [1.807, 2.05) is 0 Å². The molecule has 0 unspecified atom stereocenters. The molecule has 0 saturated carbocycles. The summed E-state index contributed by atoms with van der Waals surface area (Å²) in [6.07, 6.45) is 0. The van der Waals surface area contributed by atoms with Gasteiger partial charge in [-0.05, 0) is 0 Å². The molecule has 0 N–H and O–H groups in total. The van der Waals surface area contributed by atoms with Crippen LogP contribution in [0.1, 0.15) is 0 Å². The van der Waals surface area contributed by atoms with E-state index in [4.69, 9.17) is 0 Å². The summed E-state index contributed by atoms with van der Waals surface area (Å²) in [7, 11) is 0. The Morgan fingerprint density at radius 3 is 0.200 bits per heavy atom. The van der Waals surface area contributed by atoms with Crippen LogP contribution in [0.4, 0.5) is 0 Å². The van der Waals surface area contributed by atoms with Gasteiger partial charge in [-0.15, -0.1) is 0 Å². The van der Waals surface area contributed by atoms with E-state index in [2.05, 4.69) is 0 Å². The molecule has 0 aliphatic rings. The molecule has 0 rings (SSSR count). The molecule has 0 aromatic heterocycles. The fraction of sp³-hybridized carbons (Fsp3) is 0. The maximum atomic E-state index is 0. The van der Waals surface area contributed by atoms with Gasteiger partial charge in [0.2, 0.25) is 0 Å². The summed E-state index contributed by atoms with van der Waals surface area (Å²) in [5, 5.41) is 0. The van der Waals surface area contributed by atoms with Crippen molar-refractivity contribution >= 4 is 0 Å². The van der Waals surface area contributed by atoms with Gasteiger partial charge in [0.25, 0.3) is 0 Å². The van der Waals surface area contributed by atoms with Crippen LogP contribution in [0.2, 0.25) is 0 Å². The Balaban J connectivity index is 0. The molecule has 0 atom stereocenters. The second kappa shape index (κ2) is 23.8. The molecule has 0 aliphatic heterocycles. The monoisotopic (exact) mass is 225 g/mol.